The van der Waals surface area contributed by atoms with Crippen LogP contribution in [0.25, 0.3) is 0 Å². The van der Waals surface area contributed by atoms with Gasteiger partial charge in [0.25, 0.3) is 5.91 Å². The fourth-order valence-electron chi connectivity index (χ4n) is 2.00. The summed E-state index contributed by atoms with van der Waals surface area (Å²) in [5, 5.41) is 6.74. The number of amides is 2. The first-order valence-corrected chi connectivity index (χ1v) is 7.29. The maximum absolute atomic E-state index is 12.0. The number of anilines is 1. The van der Waals surface area contributed by atoms with E-state index in [1.165, 1.54) is 0 Å². The molecule has 0 atom stereocenters. The van der Waals surface area contributed by atoms with Gasteiger partial charge in [0, 0.05) is 17.0 Å². The number of hydrazone groups is 1. The smallest absolute Gasteiger partial charge is 0.271 e. The van der Waals surface area contributed by atoms with Crippen LogP contribution < -0.4 is 10.7 Å². The molecular formula is C18H19N3O2. The predicted molar refractivity (Wildman–Crippen MR) is 91.4 cm³/mol. The van der Waals surface area contributed by atoms with Crippen molar-refractivity contribution >= 4 is 23.2 Å². The molecule has 0 aliphatic rings. The van der Waals surface area contributed by atoms with Crippen molar-refractivity contribution in [2.24, 2.45) is 5.10 Å². The predicted octanol–water partition coefficient (Wildman–Crippen LogP) is 3.13. The van der Waals surface area contributed by atoms with Crippen LogP contribution in [0.4, 0.5) is 5.69 Å². The molecule has 2 N–H and O–H groups in total. The van der Waals surface area contributed by atoms with Crippen LogP contribution in [0.15, 0.2) is 59.7 Å². The van der Waals surface area contributed by atoms with Gasteiger partial charge in [-0.1, -0.05) is 35.9 Å². The van der Waals surface area contributed by atoms with Crippen molar-refractivity contribution in [3.05, 3.63) is 65.7 Å². The molecule has 23 heavy (non-hydrogen) atoms. The van der Waals surface area contributed by atoms with E-state index in [0.29, 0.717) is 11.3 Å². The molecule has 0 aliphatic carbocycles. The molecule has 5 heteroatoms. The number of carbonyl (C=O) groups excluding carboxylic acids is 2. The number of aryl methyl sites for hydroxylation is 1. The van der Waals surface area contributed by atoms with E-state index in [1.807, 2.05) is 49.4 Å². The van der Waals surface area contributed by atoms with E-state index in [-0.39, 0.29) is 18.2 Å². The Morgan fingerprint density at radius 1 is 1.04 bits per heavy atom. The summed E-state index contributed by atoms with van der Waals surface area (Å²) >= 11 is 0. The Bertz CT molecular complexity index is 724. The normalized spacial score (nSPS) is 11.0. The Morgan fingerprint density at radius 3 is 2.48 bits per heavy atom. The van der Waals surface area contributed by atoms with Crippen LogP contribution in [0, 0.1) is 6.92 Å². The molecule has 0 saturated heterocycles. The van der Waals surface area contributed by atoms with Crippen LogP contribution in [0.3, 0.4) is 0 Å². The number of nitrogens with zero attached hydrogens (tertiary/aromatic N) is 1. The molecule has 0 heterocycles. The van der Waals surface area contributed by atoms with Gasteiger partial charge in [0.05, 0.1) is 6.42 Å². The van der Waals surface area contributed by atoms with Gasteiger partial charge in [-0.25, -0.2) is 5.43 Å². The number of nitrogens with one attached hydrogen (secondary N) is 2. The van der Waals surface area contributed by atoms with Gasteiger partial charge in [-0.3, -0.25) is 9.59 Å². The Balaban J connectivity index is 1.87. The second-order valence-electron chi connectivity index (χ2n) is 5.25. The van der Waals surface area contributed by atoms with Crippen molar-refractivity contribution in [1.82, 2.24) is 5.43 Å². The molecule has 2 aromatic carbocycles. The first-order valence-electron chi connectivity index (χ1n) is 7.29. The molecule has 0 radical (unpaired) electrons. The maximum Gasteiger partial charge on any atom is 0.271 e. The Hall–Kier alpha value is -2.95. The van der Waals surface area contributed by atoms with E-state index in [1.54, 1.807) is 19.1 Å². The van der Waals surface area contributed by atoms with Crippen LogP contribution in [-0.2, 0) is 4.79 Å². The Labute approximate surface area is 135 Å². The molecule has 0 spiro atoms. The first-order chi connectivity index (χ1) is 11.0. The molecule has 2 aromatic rings. The summed E-state index contributed by atoms with van der Waals surface area (Å²) in [6.07, 6.45) is 0.114. The first kappa shape index (κ1) is 16.4. The van der Waals surface area contributed by atoms with Crippen molar-refractivity contribution in [3.8, 4) is 0 Å². The highest BCUT2D eigenvalue weighted by molar-refractivity contribution is 6.06. The molecule has 0 aromatic heterocycles. The minimum atomic E-state index is -0.295. The lowest BCUT2D eigenvalue weighted by Gasteiger charge is -2.05. The average molecular weight is 309 g/mol. The number of hydrogen-bond donors (Lipinski definition) is 2. The number of para-hydroxylation sites is 1. The third kappa shape index (κ3) is 5.39. The van der Waals surface area contributed by atoms with E-state index < -0.39 is 0 Å². The highest BCUT2D eigenvalue weighted by atomic mass is 16.2. The summed E-state index contributed by atoms with van der Waals surface area (Å²) in [6, 6.07) is 16.4. The SMILES string of the molecule is C/C(CC(=O)Nc1ccccc1)=N/NC(=O)c1cccc(C)c1. The van der Waals surface area contributed by atoms with Gasteiger partial charge in [-0.05, 0) is 38.1 Å². The summed E-state index contributed by atoms with van der Waals surface area (Å²) < 4.78 is 0. The van der Waals surface area contributed by atoms with Crippen molar-refractivity contribution in [3.63, 3.8) is 0 Å². The zero-order valence-corrected chi connectivity index (χ0v) is 13.2. The molecular weight excluding hydrogens is 290 g/mol. The van der Waals surface area contributed by atoms with E-state index in [4.69, 9.17) is 0 Å². The summed E-state index contributed by atoms with van der Waals surface area (Å²) in [5.41, 5.74) is 5.26. The standard InChI is InChI=1S/C18H19N3O2/c1-13-7-6-8-15(11-13)18(23)21-20-14(2)12-17(22)19-16-9-4-3-5-10-16/h3-11H,12H2,1-2H3,(H,19,22)(H,21,23)/b20-14-. The summed E-state index contributed by atoms with van der Waals surface area (Å²) in [7, 11) is 0. The Kier molecular flexibility index (Phi) is 5.63. The molecule has 0 fully saturated rings. The largest absolute Gasteiger partial charge is 0.326 e. The van der Waals surface area contributed by atoms with Gasteiger partial charge in [-0.2, -0.15) is 5.10 Å². The van der Waals surface area contributed by atoms with E-state index in [2.05, 4.69) is 15.8 Å². The molecule has 0 bridgehead atoms. The highest BCUT2D eigenvalue weighted by Gasteiger charge is 2.07. The van der Waals surface area contributed by atoms with Gasteiger partial charge in [0.1, 0.15) is 0 Å². The van der Waals surface area contributed by atoms with Gasteiger partial charge >= 0.3 is 0 Å². The van der Waals surface area contributed by atoms with Crippen LogP contribution in [0.2, 0.25) is 0 Å². The number of carbonyl (C=O) groups is 2. The van der Waals surface area contributed by atoms with Crippen LogP contribution in [0.5, 0.6) is 0 Å². The Morgan fingerprint density at radius 2 is 1.78 bits per heavy atom. The van der Waals surface area contributed by atoms with E-state index in [9.17, 15) is 9.59 Å². The van der Waals surface area contributed by atoms with Crippen molar-refractivity contribution in [1.29, 1.82) is 0 Å². The van der Waals surface area contributed by atoms with Gasteiger partial charge in [-0.15, -0.1) is 0 Å². The van der Waals surface area contributed by atoms with Crippen molar-refractivity contribution in [2.75, 3.05) is 5.32 Å². The minimum absolute atomic E-state index is 0.114. The summed E-state index contributed by atoms with van der Waals surface area (Å²) in [4.78, 5) is 23.8. The summed E-state index contributed by atoms with van der Waals surface area (Å²) in [5.74, 6) is -0.473. The second-order valence-corrected chi connectivity index (χ2v) is 5.25. The highest BCUT2D eigenvalue weighted by Crippen LogP contribution is 2.06. The van der Waals surface area contributed by atoms with Gasteiger partial charge in [0.2, 0.25) is 5.91 Å². The van der Waals surface area contributed by atoms with Gasteiger partial charge < -0.3 is 5.32 Å². The monoisotopic (exact) mass is 309 g/mol. The topological polar surface area (TPSA) is 70.6 Å². The van der Waals surface area contributed by atoms with Crippen molar-refractivity contribution in [2.45, 2.75) is 20.3 Å². The van der Waals surface area contributed by atoms with Crippen LogP contribution in [-0.4, -0.2) is 17.5 Å². The van der Waals surface area contributed by atoms with Crippen LogP contribution >= 0.6 is 0 Å². The average Bonchev–Trinajstić information content (AvgIpc) is 2.53. The molecule has 0 aliphatic heterocycles. The fourth-order valence-corrected chi connectivity index (χ4v) is 2.00. The second kappa shape index (κ2) is 7.89. The molecule has 0 saturated carbocycles. The third-order valence-electron chi connectivity index (χ3n) is 3.10. The fraction of sp³-hybridized carbons (Fsp3) is 0.167. The van der Waals surface area contributed by atoms with E-state index in [0.717, 1.165) is 11.3 Å². The van der Waals surface area contributed by atoms with Crippen molar-refractivity contribution < 1.29 is 9.59 Å². The third-order valence-corrected chi connectivity index (χ3v) is 3.10. The van der Waals surface area contributed by atoms with Crippen LogP contribution in [0.1, 0.15) is 29.3 Å². The quantitative estimate of drug-likeness (QED) is 0.658. The molecule has 2 amide bonds. The maximum atomic E-state index is 12.0. The summed E-state index contributed by atoms with van der Waals surface area (Å²) in [6.45, 7) is 3.61. The van der Waals surface area contributed by atoms with Gasteiger partial charge in [0.15, 0.2) is 0 Å². The molecule has 2 rings (SSSR count). The lowest BCUT2D eigenvalue weighted by Crippen LogP contribution is -2.21. The molecule has 118 valence electrons. The molecule has 0 unspecified atom stereocenters. The zero-order valence-electron chi connectivity index (χ0n) is 13.2. The number of benzene rings is 2. The van der Waals surface area contributed by atoms with E-state index >= 15 is 0 Å². The minimum Gasteiger partial charge on any atom is -0.326 e. The number of rotatable bonds is 5. The lowest BCUT2D eigenvalue weighted by molar-refractivity contribution is -0.115. The number of hydrogen-bond acceptors (Lipinski definition) is 3. The zero-order chi connectivity index (χ0) is 16.7. The molecule has 5 nitrogen and oxygen atoms in total. The lowest BCUT2D eigenvalue weighted by atomic mass is 10.1.